The summed E-state index contributed by atoms with van der Waals surface area (Å²) in [6, 6.07) is 49.9. The van der Waals surface area contributed by atoms with Crippen molar-refractivity contribution in [3.05, 3.63) is 190 Å². The maximum absolute atomic E-state index is 14.4. The van der Waals surface area contributed by atoms with Gasteiger partial charge in [0.05, 0.1) is 39.0 Å². The van der Waals surface area contributed by atoms with E-state index in [-0.39, 0.29) is 0 Å². The highest BCUT2D eigenvalue weighted by atomic mass is 19.4. The Morgan fingerprint density at radius 3 is 1.29 bits per heavy atom. The summed E-state index contributed by atoms with van der Waals surface area (Å²) in [5, 5.41) is 15.6. The second-order valence-corrected chi connectivity index (χ2v) is 16.8. The number of aryl methyl sites for hydroxylation is 6. The van der Waals surface area contributed by atoms with E-state index in [1.54, 1.807) is 6.07 Å². The number of fused-ring (bicyclic) bond motifs is 6. The van der Waals surface area contributed by atoms with E-state index in [0.29, 0.717) is 28.1 Å². The molecule has 2 aromatic heterocycles. The van der Waals surface area contributed by atoms with Crippen molar-refractivity contribution in [3.8, 4) is 50.8 Å². The zero-order chi connectivity index (χ0) is 43.2. The molecule has 0 saturated heterocycles. The standard InChI is InChI=1S/C56H42F3N3/c1-32-22-34(3)54(35(4)23-32)39-18-20-45-43-14-7-9-16-48(43)61(50(45)27-39)52-29-41(38-12-11-13-42(26-38)56(57,58)59)30-53(47(52)31-60)62-49-17-10-8-15-44(49)46-21-19-40(28-51(46)62)55-36(5)24-33(2)25-37(55)6/h7-30H,1-6H3. The number of aromatic nitrogens is 2. The fourth-order valence-electron chi connectivity index (χ4n) is 10.2. The fourth-order valence-corrected chi connectivity index (χ4v) is 10.2. The average molecular weight is 814 g/mol. The molecule has 6 heteroatoms. The molecule has 0 aliphatic rings. The zero-order valence-corrected chi connectivity index (χ0v) is 35.3. The van der Waals surface area contributed by atoms with Crippen LogP contribution in [0.1, 0.15) is 44.5 Å². The topological polar surface area (TPSA) is 33.6 Å². The van der Waals surface area contributed by atoms with Crippen molar-refractivity contribution in [2.75, 3.05) is 0 Å². The first-order valence-electron chi connectivity index (χ1n) is 20.8. The van der Waals surface area contributed by atoms with Gasteiger partial charge in [0.25, 0.3) is 0 Å². The third-order valence-corrected chi connectivity index (χ3v) is 12.5. The van der Waals surface area contributed by atoms with E-state index in [1.807, 2.05) is 48.5 Å². The Labute approximate surface area is 358 Å². The number of rotatable bonds is 5. The minimum atomic E-state index is -4.54. The number of hydrogen-bond donors (Lipinski definition) is 0. The molecule has 302 valence electrons. The van der Waals surface area contributed by atoms with Gasteiger partial charge in [-0.25, -0.2) is 0 Å². The Morgan fingerprint density at radius 2 is 0.855 bits per heavy atom. The first-order chi connectivity index (χ1) is 29.8. The number of nitriles is 1. The molecular weight excluding hydrogens is 772 g/mol. The summed E-state index contributed by atoms with van der Waals surface area (Å²) in [4.78, 5) is 0. The predicted molar refractivity (Wildman–Crippen MR) is 250 cm³/mol. The number of alkyl halides is 3. The highest BCUT2D eigenvalue weighted by Gasteiger charge is 2.31. The van der Waals surface area contributed by atoms with E-state index in [9.17, 15) is 18.4 Å². The quantitative estimate of drug-likeness (QED) is 0.170. The van der Waals surface area contributed by atoms with Crippen LogP contribution in [0.15, 0.2) is 146 Å². The van der Waals surface area contributed by atoms with Crippen LogP contribution in [0, 0.1) is 52.9 Å². The van der Waals surface area contributed by atoms with Crippen LogP contribution >= 0.6 is 0 Å². The van der Waals surface area contributed by atoms with Gasteiger partial charge in [0.2, 0.25) is 0 Å². The summed E-state index contributed by atoms with van der Waals surface area (Å²) in [5.41, 5.74) is 16.7. The molecule has 2 heterocycles. The Hall–Kier alpha value is -7.36. The number of nitrogens with zero attached hydrogens (tertiary/aromatic N) is 3. The van der Waals surface area contributed by atoms with E-state index >= 15 is 0 Å². The molecule has 62 heavy (non-hydrogen) atoms. The minimum Gasteiger partial charge on any atom is -0.308 e. The van der Waals surface area contributed by atoms with Crippen LogP contribution < -0.4 is 0 Å². The molecule has 0 aliphatic heterocycles. The summed E-state index contributed by atoms with van der Waals surface area (Å²) >= 11 is 0. The van der Waals surface area contributed by atoms with Crippen LogP contribution in [0.5, 0.6) is 0 Å². The lowest BCUT2D eigenvalue weighted by atomic mass is 9.93. The molecule has 0 saturated carbocycles. The molecule has 0 bridgehead atoms. The van der Waals surface area contributed by atoms with Crippen molar-refractivity contribution in [1.29, 1.82) is 5.26 Å². The van der Waals surface area contributed by atoms with E-state index < -0.39 is 11.7 Å². The smallest absolute Gasteiger partial charge is 0.308 e. The van der Waals surface area contributed by atoms with Crippen molar-refractivity contribution in [2.24, 2.45) is 0 Å². The monoisotopic (exact) mass is 813 g/mol. The van der Waals surface area contributed by atoms with Crippen LogP contribution in [0.2, 0.25) is 0 Å². The van der Waals surface area contributed by atoms with Gasteiger partial charge in [-0.2, -0.15) is 18.4 Å². The van der Waals surface area contributed by atoms with Crippen LogP contribution in [-0.4, -0.2) is 9.13 Å². The Kier molecular flexibility index (Phi) is 9.01. The molecule has 0 fully saturated rings. The maximum Gasteiger partial charge on any atom is 0.416 e. The Bertz CT molecular complexity index is 3290. The van der Waals surface area contributed by atoms with Crippen LogP contribution in [0.3, 0.4) is 0 Å². The highest BCUT2D eigenvalue weighted by Crippen LogP contribution is 2.43. The molecule has 10 aromatic rings. The van der Waals surface area contributed by atoms with Crippen LogP contribution in [-0.2, 0) is 6.18 Å². The van der Waals surface area contributed by atoms with Crippen LogP contribution in [0.4, 0.5) is 13.2 Å². The molecule has 8 aromatic carbocycles. The molecule has 10 rings (SSSR count). The van der Waals surface area contributed by atoms with Gasteiger partial charge in [-0.15, -0.1) is 0 Å². The van der Waals surface area contributed by atoms with Crippen molar-refractivity contribution in [2.45, 2.75) is 47.7 Å². The van der Waals surface area contributed by atoms with Gasteiger partial charge < -0.3 is 9.13 Å². The largest absolute Gasteiger partial charge is 0.416 e. The van der Waals surface area contributed by atoms with Gasteiger partial charge in [0.15, 0.2) is 0 Å². The first kappa shape index (κ1) is 38.8. The summed E-state index contributed by atoms with van der Waals surface area (Å²) < 4.78 is 47.4. The predicted octanol–water partition coefficient (Wildman–Crippen LogP) is 15.6. The van der Waals surface area contributed by atoms with Gasteiger partial charge in [0, 0.05) is 21.5 Å². The molecule has 0 aliphatic carbocycles. The van der Waals surface area contributed by atoms with Gasteiger partial charge in [-0.05, 0) is 146 Å². The van der Waals surface area contributed by atoms with E-state index in [4.69, 9.17) is 0 Å². The van der Waals surface area contributed by atoms with E-state index in [0.717, 1.165) is 94.2 Å². The summed E-state index contributed by atoms with van der Waals surface area (Å²) in [6.45, 7) is 12.7. The molecular formula is C56H42F3N3. The second-order valence-electron chi connectivity index (χ2n) is 16.8. The molecule has 0 radical (unpaired) electrons. The Balaban J connectivity index is 1.35. The number of hydrogen-bond acceptors (Lipinski definition) is 1. The van der Waals surface area contributed by atoms with Gasteiger partial charge in [-0.3, -0.25) is 0 Å². The van der Waals surface area contributed by atoms with E-state index in [2.05, 4.69) is 130 Å². The molecule has 0 amide bonds. The van der Waals surface area contributed by atoms with Crippen molar-refractivity contribution < 1.29 is 13.2 Å². The molecule has 3 nitrogen and oxygen atoms in total. The molecule has 0 unspecified atom stereocenters. The molecule has 0 atom stereocenters. The van der Waals surface area contributed by atoms with Gasteiger partial charge in [0.1, 0.15) is 11.6 Å². The SMILES string of the molecule is Cc1cc(C)c(-c2ccc3c4ccccc4n(-c4cc(-c5cccc(C(F)(F)F)c5)cc(-n5c6ccccc6c6ccc(-c7c(C)cc(C)cc7C)cc65)c4C#N)c3c2)c(C)c1. The van der Waals surface area contributed by atoms with Crippen molar-refractivity contribution in [3.63, 3.8) is 0 Å². The number of halogens is 3. The second kappa shape index (κ2) is 14.4. The molecule has 0 N–H and O–H groups in total. The van der Waals surface area contributed by atoms with E-state index in [1.165, 1.54) is 23.3 Å². The van der Waals surface area contributed by atoms with Gasteiger partial charge in [-0.1, -0.05) is 108 Å². The first-order valence-corrected chi connectivity index (χ1v) is 20.8. The third kappa shape index (κ3) is 6.19. The Morgan fingerprint density at radius 1 is 0.419 bits per heavy atom. The normalized spacial score (nSPS) is 11.9. The fraction of sp³-hybridized carbons (Fsp3) is 0.125. The lowest BCUT2D eigenvalue weighted by Gasteiger charge is -2.19. The summed E-state index contributed by atoms with van der Waals surface area (Å²) in [7, 11) is 0. The van der Waals surface area contributed by atoms with Crippen LogP contribution in [0.25, 0.3) is 88.4 Å². The highest BCUT2D eigenvalue weighted by molar-refractivity contribution is 6.12. The zero-order valence-electron chi connectivity index (χ0n) is 35.3. The average Bonchev–Trinajstić information content (AvgIpc) is 3.74. The maximum atomic E-state index is 14.4. The third-order valence-electron chi connectivity index (χ3n) is 12.5. The van der Waals surface area contributed by atoms with Gasteiger partial charge >= 0.3 is 6.18 Å². The van der Waals surface area contributed by atoms with Crippen molar-refractivity contribution in [1.82, 2.24) is 9.13 Å². The molecule has 0 spiro atoms. The minimum absolute atomic E-state index is 0.395. The van der Waals surface area contributed by atoms with Crippen molar-refractivity contribution >= 4 is 43.6 Å². The number of para-hydroxylation sites is 2. The lowest BCUT2D eigenvalue weighted by Crippen LogP contribution is -2.06. The lowest BCUT2D eigenvalue weighted by molar-refractivity contribution is -0.137. The number of benzene rings is 8. The summed E-state index contributed by atoms with van der Waals surface area (Å²) in [6.07, 6.45) is -4.54. The summed E-state index contributed by atoms with van der Waals surface area (Å²) in [5.74, 6) is 0.